The van der Waals surface area contributed by atoms with E-state index < -0.39 is 23.6 Å². The third-order valence-corrected chi connectivity index (χ3v) is 3.45. The molecule has 1 aliphatic heterocycles. The summed E-state index contributed by atoms with van der Waals surface area (Å²) in [6.07, 6.45) is 0.212. The molecule has 0 bridgehead atoms. The zero-order valence-electron chi connectivity index (χ0n) is 11.3. The number of benzene rings is 1. The molecule has 3 nitrogen and oxygen atoms in total. The topological polar surface area (TPSA) is 30.5 Å². The molecule has 0 radical (unpaired) electrons. The van der Waals surface area contributed by atoms with Crippen molar-refractivity contribution in [2.45, 2.75) is 12.5 Å². The van der Waals surface area contributed by atoms with Crippen LogP contribution < -0.4 is 5.32 Å². The Balaban J connectivity index is 2.05. The monoisotopic (exact) mass is 289 g/mol. The Labute approximate surface area is 116 Å². The number of methoxy groups -OCH3 is 1. The minimum atomic E-state index is -1.18. The third-order valence-electron chi connectivity index (χ3n) is 3.45. The highest BCUT2D eigenvalue weighted by molar-refractivity contribution is 5.23. The Hall–Kier alpha value is -1.11. The molecule has 1 aromatic carbocycles. The zero-order chi connectivity index (χ0) is 14.5. The fraction of sp³-hybridized carbons (Fsp3) is 0.571. The smallest absolute Gasteiger partial charge is 0.161 e. The van der Waals surface area contributed by atoms with Gasteiger partial charge in [-0.15, -0.1) is 0 Å². The maximum Gasteiger partial charge on any atom is 0.161 e. The van der Waals surface area contributed by atoms with E-state index >= 15 is 0 Å². The first-order valence-corrected chi connectivity index (χ1v) is 6.59. The second kappa shape index (κ2) is 7.06. The summed E-state index contributed by atoms with van der Waals surface area (Å²) in [5.41, 5.74) is 0.0833. The lowest BCUT2D eigenvalue weighted by atomic mass is 9.94. The predicted molar refractivity (Wildman–Crippen MR) is 67.9 cm³/mol. The molecule has 1 aromatic rings. The van der Waals surface area contributed by atoms with Gasteiger partial charge in [-0.3, -0.25) is 0 Å². The van der Waals surface area contributed by atoms with Crippen molar-refractivity contribution >= 4 is 0 Å². The minimum absolute atomic E-state index is 0.0335. The van der Waals surface area contributed by atoms with E-state index in [2.05, 4.69) is 5.32 Å². The van der Waals surface area contributed by atoms with Crippen LogP contribution >= 0.6 is 0 Å². The molecule has 2 rings (SSSR count). The molecule has 6 heteroatoms. The fourth-order valence-electron chi connectivity index (χ4n) is 2.40. The minimum Gasteiger partial charge on any atom is -0.383 e. The highest BCUT2D eigenvalue weighted by atomic mass is 19.2. The van der Waals surface area contributed by atoms with Gasteiger partial charge in [0.25, 0.3) is 0 Å². The van der Waals surface area contributed by atoms with Gasteiger partial charge in [0.1, 0.15) is 5.82 Å². The summed E-state index contributed by atoms with van der Waals surface area (Å²) in [5.74, 6) is -2.97. The van der Waals surface area contributed by atoms with Crippen LogP contribution in [0.15, 0.2) is 12.1 Å². The number of nitrogens with one attached hydrogen (secondary N) is 1. The van der Waals surface area contributed by atoms with E-state index in [0.717, 1.165) is 12.5 Å². The lowest BCUT2D eigenvalue weighted by Crippen LogP contribution is -2.28. The van der Waals surface area contributed by atoms with Crippen molar-refractivity contribution in [1.29, 1.82) is 0 Å². The Morgan fingerprint density at radius 2 is 2.00 bits per heavy atom. The van der Waals surface area contributed by atoms with Gasteiger partial charge in [-0.2, -0.15) is 0 Å². The van der Waals surface area contributed by atoms with Crippen LogP contribution in [0.2, 0.25) is 0 Å². The van der Waals surface area contributed by atoms with Gasteiger partial charge in [0.2, 0.25) is 0 Å². The van der Waals surface area contributed by atoms with Crippen LogP contribution in [0.25, 0.3) is 0 Å². The second-order valence-electron chi connectivity index (χ2n) is 4.82. The molecule has 112 valence electrons. The van der Waals surface area contributed by atoms with E-state index in [4.69, 9.17) is 9.47 Å². The second-order valence-corrected chi connectivity index (χ2v) is 4.82. The van der Waals surface area contributed by atoms with E-state index in [1.165, 1.54) is 0 Å². The summed E-state index contributed by atoms with van der Waals surface area (Å²) in [5, 5.41) is 3.18. The van der Waals surface area contributed by atoms with Gasteiger partial charge in [0.05, 0.1) is 12.7 Å². The van der Waals surface area contributed by atoms with Gasteiger partial charge in [0, 0.05) is 44.4 Å². The van der Waals surface area contributed by atoms with Gasteiger partial charge >= 0.3 is 0 Å². The normalized spacial score (nSPS) is 22.4. The summed E-state index contributed by atoms with van der Waals surface area (Å²) in [6.45, 7) is 2.37. The third kappa shape index (κ3) is 3.50. The van der Waals surface area contributed by atoms with E-state index in [1.807, 2.05) is 0 Å². The number of hydrogen-bond donors (Lipinski definition) is 1. The first-order valence-electron chi connectivity index (χ1n) is 6.59. The van der Waals surface area contributed by atoms with E-state index in [0.29, 0.717) is 32.4 Å². The molecule has 1 fully saturated rings. The van der Waals surface area contributed by atoms with Crippen LogP contribution in [-0.2, 0) is 9.47 Å². The lowest BCUT2D eigenvalue weighted by molar-refractivity contribution is 0.0864. The summed E-state index contributed by atoms with van der Waals surface area (Å²) in [4.78, 5) is 0. The first-order chi connectivity index (χ1) is 9.63. The highest BCUT2D eigenvalue weighted by Crippen LogP contribution is 2.36. The van der Waals surface area contributed by atoms with Gasteiger partial charge in [-0.1, -0.05) is 0 Å². The summed E-state index contributed by atoms with van der Waals surface area (Å²) in [6, 6.07) is 1.46. The molecule has 1 saturated heterocycles. The molecular formula is C14H18F3NO2. The predicted octanol–water partition coefficient (Wildman–Crippen LogP) is 2.42. The Morgan fingerprint density at radius 3 is 2.75 bits per heavy atom. The standard InChI is InChI=1S/C14H18F3NO2/c1-19-5-3-18-8-9-2-4-20-14(9)10-6-12(16)13(17)7-11(10)15/h6-7,9,14,18H,2-5,8H2,1H3. The van der Waals surface area contributed by atoms with E-state index in [1.54, 1.807) is 7.11 Å². The molecular weight excluding hydrogens is 271 g/mol. The maximum absolute atomic E-state index is 13.8. The number of ether oxygens (including phenoxy) is 2. The number of rotatable bonds is 6. The number of halogens is 3. The van der Waals surface area contributed by atoms with Gasteiger partial charge < -0.3 is 14.8 Å². The Morgan fingerprint density at radius 1 is 1.25 bits per heavy atom. The van der Waals surface area contributed by atoms with Crippen LogP contribution in [0, 0.1) is 23.4 Å². The molecule has 0 aliphatic carbocycles. The van der Waals surface area contributed by atoms with Crippen molar-refractivity contribution in [2.24, 2.45) is 5.92 Å². The van der Waals surface area contributed by atoms with Gasteiger partial charge in [0.15, 0.2) is 11.6 Å². The number of hydrogen-bond acceptors (Lipinski definition) is 3. The molecule has 1 heterocycles. The fourth-order valence-corrected chi connectivity index (χ4v) is 2.40. The van der Waals surface area contributed by atoms with Crippen LogP contribution in [0.5, 0.6) is 0 Å². The largest absolute Gasteiger partial charge is 0.383 e. The molecule has 2 atom stereocenters. The summed E-state index contributed by atoms with van der Waals surface area (Å²) < 4.78 is 50.4. The quantitative estimate of drug-likeness (QED) is 0.644. The zero-order valence-corrected chi connectivity index (χ0v) is 11.3. The average molecular weight is 289 g/mol. The Bertz CT molecular complexity index is 456. The summed E-state index contributed by atoms with van der Waals surface area (Å²) in [7, 11) is 1.61. The molecule has 1 N–H and O–H groups in total. The van der Waals surface area contributed by atoms with Crippen molar-refractivity contribution < 1.29 is 22.6 Å². The molecule has 2 unspecified atom stereocenters. The van der Waals surface area contributed by atoms with Crippen molar-refractivity contribution in [3.63, 3.8) is 0 Å². The molecule has 0 spiro atoms. The Kier molecular flexibility index (Phi) is 5.39. The molecule has 20 heavy (non-hydrogen) atoms. The van der Waals surface area contributed by atoms with Crippen LogP contribution in [-0.4, -0.2) is 33.4 Å². The molecule has 0 amide bonds. The van der Waals surface area contributed by atoms with Crippen molar-refractivity contribution in [2.75, 3.05) is 33.4 Å². The highest BCUT2D eigenvalue weighted by Gasteiger charge is 2.32. The van der Waals surface area contributed by atoms with Crippen LogP contribution in [0.1, 0.15) is 18.1 Å². The summed E-state index contributed by atoms with van der Waals surface area (Å²) >= 11 is 0. The van der Waals surface area contributed by atoms with Gasteiger partial charge in [-0.25, -0.2) is 13.2 Å². The lowest BCUT2D eigenvalue weighted by Gasteiger charge is -2.20. The molecule has 1 aliphatic rings. The van der Waals surface area contributed by atoms with Crippen molar-refractivity contribution in [3.8, 4) is 0 Å². The maximum atomic E-state index is 13.8. The first kappa shape index (κ1) is 15.3. The van der Waals surface area contributed by atoms with Crippen molar-refractivity contribution in [1.82, 2.24) is 5.32 Å². The van der Waals surface area contributed by atoms with Crippen LogP contribution in [0.3, 0.4) is 0 Å². The van der Waals surface area contributed by atoms with Gasteiger partial charge in [-0.05, 0) is 12.5 Å². The SMILES string of the molecule is COCCNCC1CCOC1c1cc(F)c(F)cc1F. The average Bonchev–Trinajstić information content (AvgIpc) is 2.87. The van der Waals surface area contributed by atoms with Crippen LogP contribution in [0.4, 0.5) is 13.2 Å². The molecule has 0 saturated carbocycles. The van der Waals surface area contributed by atoms with E-state index in [9.17, 15) is 13.2 Å². The molecule has 0 aromatic heterocycles. The van der Waals surface area contributed by atoms with E-state index in [-0.39, 0.29) is 11.5 Å². The van der Waals surface area contributed by atoms with Crippen molar-refractivity contribution in [3.05, 3.63) is 35.1 Å².